The van der Waals surface area contributed by atoms with Crippen LogP contribution < -0.4 is 5.32 Å². The first-order chi connectivity index (χ1) is 9.10. The van der Waals surface area contributed by atoms with Gasteiger partial charge in [-0.25, -0.2) is 0 Å². The Hall–Kier alpha value is -0.1000. The Morgan fingerprint density at radius 2 is 2.10 bits per heavy atom. The smallest absolute Gasteiger partial charge is 0.255 e. The van der Waals surface area contributed by atoms with Crippen LogP contribution in [0.15, 0.2) is 9.85 Å². The van der Waals surface area contributed by atoms with E-state index in [4.69, 9.17) is 0 Å². The van der Waals surface area contributed by atoms with Gasteiger partial charge in [-0.3, -0.25) is 4.79 Å². The van der Waals surface area contributed by atoms with Crippen molar-refractivity contribution in [2.45, 2.75) is 26.2 Å². The summed E-state index contributed by atoms with van der Waals surface area (Å²) in [6, 6.07) is 2.00. The van der Waals surface area contributed by atoms with Crippen LogP contribution in [0.4, 0.5) is 0 Å². The van der Waals surface area contributed by atoms with Crippen molar-refractivity contribution < 1.29 is 4.79 Å². The third-order valence-corrected chi connectivity index (χ3v) is 6.24. The van der Waals surface area contributed by atoms with Crippen molar-refractivity contribution in [1.29, 1.82) is 0 Å². The minimum atomic E-state index is 0. The number of piperidine rings is 1. The van der Waals surface area contributed by atoms with Gasteiger partial charge in [0.1, 0.15) is 0 Å². The lowest BCUT2D eigenvalue weighted by atomic mass is 9.78. The average Bonchev–Trinajstić information content (AvgIpc) is 2.97. The number of aryl methyl sites for hydroxylation is 1. The highest BCUT2D eigenvalue weighted by Crippen LogP contribution is 2.38. The van der Waals surface area contributed by atoms with Crippen LogP contribution in [0.1, 0.15) is 34.5 Å². The minimum absolute atomic E-state index is 0. The van der Waals surface area contributed by atoms with Gasteiger partial charge < -0.3 is 10.2 Å². The summed E-state index contributed by atoms with van der Waals surface area (Å²) in [5, 5.41) is 3.46. The van der Waals surface area contributed by atoms with Crippen molar-refractivity contribution in [2.24, 2.45) is 5.41 Å². The highest BCUT2D eigenvalue weighted by atomic mass is 79.9. The SMILES string of the molecule is Cc1cc(C(=O)N2CCC3(CCNC3)CC2)c(Br)s1.Cl. The molecule has 0 saturated carbocycles. The standard InChI is InChI=1S/C14H19BrN2OS.ClH/c1-10-8-11(12(15)19-10)13(18)17-6-3-14(4-7-17)2-5-16-9-14;/h8,16H,2-7,9H2,1H3;1H. The molecule has 0 aliphatic carbocycles. The summed E-state index contributed by atoms with van der Waals surface area (Å²) < 4.78 is 0.970. The van der Waals surface area contributed by atoms with Gasteiger partial charge in [0.05, 0.1) is 9.35 Å². The van der Waals surface area contributed by atoms with Crippen LogP contribution >= 0.6 is 39.7 Å². The van der Waals surface area contributed by atoms with Gasteiger partial charge in [0.15, 0.2) is 0 Å². The van der Waals surface area contributed by atoms with Crippen LogP contribution in [-0.4, -0.2) is 37.0 Å². The molecule has 0 atom stereocenters. The minimum Gasteiger partial charge on any atom is -0.339 e. The van der Waals surface area contributed by atoms with Crippen LogP contribution in [0.5, 0.6) is 0 Å². The third-order valence-electron chi connectivity index (χ3n) is 4.48. The molecule has 3 heterocycles. The van der Waals surface area contributed by atoms with E-state index in [1.807, 2.05) is 17.9 Å². The molecule has 0 radical (unpaired) electrons. The fourth-order valence-electron chi connectivity index (χ4n) is 3.21. The van der Waals surface area contributed by atoms with Crippen LogP contribution in [-0.2, 0) is 0 Å². The van der Waals surface area contributed by atoms with Crippen molar-refractivity contribution in [3.63, 3.8) is 0 Å². The second-order valence-corrected chi connectivity index (χ2v) is 8.34. The Kier molecular flexibility index (Phi) is 5.16. The first kappa shape index (κ1) is 16.3. The summed E-state index contributed by atoms with van der Waals surface area (Å²) in [6.45, 7) is 6.13. The zero-order chi connectivity index (χ0) is 13.5. The van der Waals surface area contributed by atoms with Gasteiger partial charge in [-0.15, -0.1) is 23.7 Å². The van der Waals surface area contributed by atoms with Gasteiger partial charge in [0, 0.05) is 24.5 Å². The molecule has 1 amide bonds. The predicted octanol–water partition coefficient (Wildman–Crippen LogP) is 3.46. The maximum absolute atomic E-state index is 12.5. The number of nitrogens with one attached hydrogen (secondary N) is 1. The average molecular weight is 380 g/mol. The molecule has 2 aliphatic heterocycles. The van der Waals surface area contributed by atoms with E-state index >= 15 is 0 Å². The lowest BCUT2D eigenvalue weighted by Crippen LogP contribution is -2.44. The molecular formula is C14H20BrClN2OS. The zero-order valence-corrected chi connectivity index (χ0v) is 14.8. The maximum atomic E-state index is 12.5. The first-order valence-corrected chi connectivity index (χ1v) is 8.47. The molecule has 1 aromatic heterocycles. The largest absolute Gasteiger partial charge is 0.339 e. The van der Waals surface area contributed by atoms with Crippen molar-refractivity contribution in [2.75, 3.05) is 26.2 Å². The zero-order valence-electron chi connectivity index (χ0n) is 11.6. The molecule has 2 fully saturated rings. The number of carbonyl (C=O) groups excluding carboxylic acids is 1. The van der Waals surface area contributed by atoms with Crippen molar-refractivity contribution in [1.82, 2.24) is 10.2 Å². The van der Waals surface area contributed by atoms with Gasteiger partial charge in [-0.2, -0.15) is 0 Å². The van der Waals surface area contributed by atoms with Crippen LogP contribution in [0.25, 0.3) is 0 Å². The molecular weight excluding hydrogens is 360 g/mol. The summed E-state index contributed by atoms with van der Waals surface area (Å²) >= 11 is 5.14. The number of hydrogen-bond acceptors (Lipinski definition) is 3. The van der Waals surface area contributed by atoms with E-state index < -0.39 is 0 Å². The summed E-state index contributed by atoms with van der Waals surface area (Å²) in [5.74, 6) is 0.192. The topological polar surface area (TPSA) is 32.3 Å². The fourth-order valence-corrected chi connectivity index (χ4v) is 4.97. The van der Waals surface area contributed by atoms with E-state index in [-0.39, 0.29) is 18.3 Å². The molecule has 2 saturated heterocycles. The number of hydrogen-bond donors (Lipinski definition) is 1. The lowest BCUT2D eigenvalue weighted by molar-refractivity contribution is 0.0607. The number of amides is 1. The van der Waals surface area contributed by atoms with Crippen molar-refractivity contribution in [3.05, 3.63) is 20.3 Å². The van der Waals surface area contributed by atoms with E-state index in [0.717, 1.165) is 48.4 Å². The van der Waals surface area contributed by atoms with E-state index in [1.165, 1.54) is 11.3 Å². The summed E-state index contributed by atoms with van der Waals surface area (Å²) in [5.41, 5.74) is 1.31. The number of rotatable bonds is 1. The van der Waals surface area contributed by atoms with Crippen LogP contribution in [0.2, 0.25) is 0 Å². The molecule has 0 aromatic carbocycles. The van der Waals surface area contributed by atoms with Crippen LogP contribution in [0, 0.1) is 12.3 Å². The van der Waals surface area contributed by atoms with Crippen molar-refractivity contribution >= 4 is 45.6 Å². The van der Waals surface area contributed by atoms with Crippen LogP contribution in [0.3, 0.4) is 0 Å². The normalized spacial score (nSPS) is 21.0. The molecule has 0 bridgehead atoms. The predicted molar refractivity (Wildman–Crippen MR) is 89.1 cm³/mol. The second kappa shape index (κ2) is 6.34. The lowest BCUT2D eigenvalue weighted by Gasteiger charge is -2.38. The molecule has 3 rings (SSSR count). The van der Waals surface area contributed by atoms with Gasteiger partial charge in [0.2, 0.25) is 0 Å². The number of likely N-dealkylation sites (tertiary alicyclic amines) is 1. The highest BCUT2D eigenvalue weighted by molar-refractivity contribution is 9.11. The first-order valence-electron chi connectivity index (χ1n) is 6.86. The van der Waals surface area contributed by atoms with Gasteiger partial charge in [0.25, 0.3) is 5.91 Å². The third kappa shape index (κ3) is 3.06. The van der Waals surface area contributed by atoms with E-state index in [0.29, 0.717) is 5.41 Å². The summed E-state index contributed by atoms with van der Waals surface area (Å²) in [4.78, 5) is 15.7. The Morgan fingerprint density at radius 1 is 1.40 bits per heavy atom. The summed E-state index contributed by atoms with van der Waals surface area (Å²) in [6.07, 6.45) is 3.56. The number of thiophene rings is 1. The molecule has 20 heavy (non-hydrogen) atoms. The monoisotopic (exact) mass is 378 g/mol. The van der Waals surface area contributed by atoms with Gasteiger partial charge >= 0.3 is 0 Å². The molecule has 112 valence electrons. The quantitative estimate of drug-likeness (QED) is 0.810. The Bertz CT molecular complexity index is 489. The van der Waals surface area contributed by atoms with Gasteiger partial charge in [-0.1, -0.05) is 0 Å². The summed E-state index contributed by atoms with van der Waals surface area (Å²) in [7, 11) is 0. The fraction of sp³-hybridized carbons (Fsp3) is 0.643. The number of carbonyl (C=O) groups is 1. The molecule has 0 unspecified atom stereocenters. The molecule has 1 N–H and O–H groups in total. The number of nitrogens with zero attached hydrogens (tertiary/aromatic N) is 1. The van der Waals surface area contributed by atoms with E-state index in [2.05, 4.69) is 21.2 Å². The highest BCUT2D eigenvalue weighted by Gasteiger charge is 2.38. The molecule has 1 aromatic rings. The number of halogens is 2. The Morgan fingerprint density at radius 3 is 2.60 bits per heavy atom. The van der Waals surface area contributed by atoms with E-state index in [9.17, 15) is 4.79 Å². The molecule has 6 heteroatoms. The Labute approximate surface area is 138 Å². The van der Waals surface area contributed by atoms with Crippen molar-refractivity contribution in [3.8, 4) is 0 Å². The maximum Gasteiger partial charge on any atom is 0.255 e. The van der Waals surface area contributed by atoms with E-state index in [1.54, 1.807) is 11.3 Å². The van der Waals surface area contributed by atoms with Gasteiger partial charge in [-0.05, 0) is 60.1 Å². The Balaban J connectivity index is 0.00000147. The molecule has 1 spiro atoms. The second-order valence-electron chi connectivity index (χ2n) is 5.76. The molecule has 3 nitrogen and oxygen atoms in total. The molecule has 2 aliphatic rings.